The van der Waals surface area contributed by atoms with E-state index in [-0.39, 0.29) is 43.3 Å². The number of ether oxygens (including phenoxy) is 2. The van der Waals surface area contributed by atoms with Gasteiger partial charge in [-0.3, -0.25) is 14.4 Å². The van der Waals surface area contributed by atoms with Crippen molar-refractivity contribution in [3.63, 3.8) is 0 Å². The Kier molecular flexibility index (Phi) is 10.2. The Bertz CT molecular complexity index is 1740. The molecular formula is C34H42N8O5. The number of amides is 3. The summed E-state index contributed by atoms with van der Waals surface area (Å²) in [5.41, 5.74) is 3.57. The minimum Gasteiger partial charge on any atom is -0.493 e. The van der Waals surface area contributed by atoms with Crippen LogP contribution in [-0.4, -0.2) is 80.5 Å². The van der Waals surface area contributed by atoms with E-state index in [9.17, 15) is 14.4 Å². The molecule has 1 atom stereocenters. The maximum Gasteiger partial charge on any atom is 0.254 e. The average molecular weight is 643 g/mol. The molecule has 3 heterocycles. The standard InChI is InChI=1S/C34H42N8O5/c1-21(2)31-32-36-24(5)39-41(32)16-17-47-29-19-26(10-13-28(29)46-6)33(44)35-14-7-15-40(20-30(43)37-31)34(45)25-8-11-27(12-9-25)42-23(4)18-22(3)38-42/h8-13,18-19,21,31H,7,14-17,20H2,1-6H3,(H,35,44)(H,37,43)/t31-/m0/s1. The molecule has 13 heteroatoms. The van der Waals surface area contributed by atoms with Crippen molar-refractivity contribution in [2.24, 2.45) is 5.92 Å². The minimum atomic E-state index is -0.461. The normalized spacial score (nSPS) is 16.4. The van der Waals surface area contributed by atoms with Crippen molar-refractivity contribution in [1.29, 1.82) is 0 Å². The maximum atomic E-state index is 13.8. The van der Waals surface area contributed by atoms with Gasteiger partial charge in [0.25, 0.3) is 11.8 Å². The van der Waals surface area contributed by atoms with Gasteiger partial charge in [-0.2, -0.15) is 10.2 Å². The highest BCUT2D eigenvalue weighted by molar-refractivity contribution is 5.97. The van der Waals surface area contributed by atoms with Gasteiger partial charge in [-0.25, -0.2) is 14.3 Å². The van der Waals surface area contributed by atoms with E-state index in [1.807, 2.05) is 50.6 Å². The molecule has 0 radical (unpaired) electrons. The van der Waals surface area contributed by atoms with Crippen LogP contribution in [0.15, 0.2) is 48.5 Å². The van der Waals surface area contributed by atoms with E-state index in [2.05, 4.69) is 25.8 Å². The number of hydrogen-bond acceptors (Lipinski definition) is 8. The SMILES string of the molecule is COc1ccc2cc1OCCn1nc(C)nc1[C@H](C(C)C)NC(=O)CN(C(=O)c1ccc(-n3nc(C)cc3C)cc1)CCCNC2=O. The van der Waals surface area contributed by atoms with E-state index in [4.69, 9.17) is 9.47 Å². The largest absolute Gasteiger partial charge is 0.493 e. The third kappa shape index (κ3) is 7.79. The van der Waals surface area contributed by atoms with Crippen LogP contribution in [0.1, 0.15) is 70.1 Å². The monoisotopic (exact) mass is 642 g/mol. The Morgan fingerprint density at radius 2 is 1.79 bits per heavy atom. The molecule has 1 aliphatic rings. The molecule has 2 N–H and O–H groups in total. The van der Waals surface area contributed by atoms with Crippen LogP contribution >= 0.6 is 0 Å². The predicted molar refractivity (Wildman–Crippen MR) is 175 cm³/mol. The number of nitrogens with zero attached hydrogens (tertiary/aromatic N) is 6. The number of carbonyl (C=O) groups excluding carboxylic acids is 3. The molecule has 1 aliphatic heterocycles. The summed E-state index contributed by atoms with van der Waals surface area (Å²) in [7, 11) is 1.54. The summed E-state index contributed by atoms with van der Waals surface area (Å²) in [4.78, 5) is 46.6. The van der Waals surface area contributed by atoms with E-state index in [1.165, 1.54) is 12.0 Å². The summed E-state index contributed by atoms with van der Waals surface area (Å²) in [6, 6.07) is 13.7. The molecule has 248 valence electrons. The number of benzene rings is 2. The second-order valence-corrected chi connectivity index (χ2v) is 12.0. The first-order valence-electron chi connectivity index (χ1n) is 15.8. The lowest BCUT2D eigenvalue weighted by Gasteiger charge is -2.26. The fourth-order valence-corrected chi connectivity index (χ4v) is 5.61. The highest BCUT2D eigenvalue weighted by Crippen LogP contribution is 2.28. The molecule has 5 rings (SSSR count). The van der Waals surface area contributed by atoms with Crippen LogP contribution in [0.2, 0.25) is 0 Å². The number of fused-ring (bicyclic) bond motifs is 3. The molecule has 0 saturated carbocycles. The van der Waals surface area contributed by atoms with E-state index >= 15 is 0 Å². The Hall–Kier alpha value is -5.20. The molecule has 0 fully saturated rings. The molecular weight excluding hydrogens is 600 g/mol. The third-order valence-electron chi connectivity index (χ3n) is 7.93. The van der Waals surface area contributed by atoms with Gasteiger partial charge in [0, 0.05) is 29.9 Å². The van der Waals surface area contributed by atoms with E-state index in [1.54, 1.807) is 41.9 Å². The fraction of sp³-hybridized carbons (Fsp3) is 0.412. The highest BCUT2D eigenvalue weighted by Gasteiger charge is 2.27. The number of hydrogen-bond donors (Lipinski definition) is 2. The fourth-order valence-electron chi connectivity index (χ4n) is 5.61. The zero-order valence-corrected chi connectivity index (χ0v) is 27.7. The molecule has 4 aromatic rings. The van der Waals surface area contributed by atoms with Crippen LogP contribution in [0, 0.1) is 26.7 Å². The third-order valence-corrected chi connectivity index (χ3v) is 7.93. The molecule has 0 saturated heterocycles. The van der Waals surface area contributed by atoms with Gasteiger partial charge in [0.1, 0.15) is 18.3 Å². The molecule has 2 aromatic heterocycles. The van der Waals surface area contributed by atoms with E-state index < -0.39 is 6.04 Å². The lowest BCUT2D eigenvalue weighted by molar-refractivity contribution is -0.123. The van der Waals surface area contributed by atoms with Crippen molar-refractivity contribution in [3.05, 3.63) is 82.7 Å². The zero-order valence-electron chi connectivity index (χ0n) is 27.7. The number of rotatable bonds is 4. The minimum absolute atomic E-state index is 0.0223. The zero-order chi connectivity index (χ0) is 33.7. The first-order chi connectivity index (χ1) is 22.5. The number of aromatic nitrogens is 5. The lowest BCUT2D eigenvalue weighted by atomic mass is 10.0. The Balaban J connectivity index is 1.43. The Labute approximate surface area is 274 Å². The maximum absolute atomic E-state index is 13.8. The summed E-state index contributed by atoms with van der Waals surface area (Å²) in [5, 5.41) is 15.1. The topological polar surface area (TPSA) is 146 Å². The number of nitrogens with one attached hydrogen (secondary N) is 2. The van der Waals surface area contributed by atoms with Gasteiger partial charge in [-0.15, -0.1) is 0 Å². The van der Waals surface area contributed by atoms with Crippen LogP contribution < -0.4 is 20.1 Å². The van der Waals surface area contributed by atoms with Crippen molar-refractivity contribution in [3.8, 4) is 17.2 Å². The van der Waals surface area contributed by atoms with Crippen LogP contribution in [-0.2, 0) is 11.3 Å². The van der Waals surface area contributed by atoms with Crippen LogP contribution in [0.5, 0.6) is 11.5 Å². The highest BCUT2D eigenvalue weighted by atomic mass is 16.5. The van der Waals surface area contributed by atoms with Crippen LogP contribution in [0.3, 0.4) is 0 Å². The summed E-state index contributed by atoms with van der Waals surface area (Å²) in [6.45, 7) is 10.6. The second-order valence-electron chi connectivity index (χ2n) is 12.0. The molecule has 0 aliphatic carbocycles. The molecule has 3 amide bonds. The van der Waals surface area contributed by atoms with Crippen molar-refractivity contribution in [2.75, 3.05) is 33.4 Å². The summed E-state index contributed by atoms with van der Waals surface area (Å²) in [5.74, 6) is 1.14. The van der Waals surface area contributed by atoms with Gasteiger partial charge in [0.2, 0.25) is 5.91 Å². The number of aryl methyl sites for hydroxylation is 3. The van der Waals surface area contributed by atoms with Crippen molar-refractivity contribution < 1.29 is 23.9 Å². The van der Waals surface area contributed by atoms with Gasteiger partial charge >= 0.3 is 0 Å². The molecule has 2 aromatic carbocycles. The van der Waals surface area contributed by atoms with Crippen molar-refractivity contribution >= 4 is 17.7 Å². The van der Waals surface area contributed by atoms with Gasteiger partial charge in [-0.1, -0.05) is 13.8 Å². The van der Waals surface area contributed by atoms with E-state index in [0.717, 1.165) is 17.1 Å². The quantitative estimate of drug-likeness (QED) is 0.344. The van der Waals surface area contributed by atoms with Crippen LogP contribution in [0.25, 0.3) is 5.69 Å². The molecule has 2 bridgehead atoms. The smallest absolute Gasteiger partial charge is 0.254 e. The van der Waals surface area contributed by atoms with Gasteiger partial charge in [0.15, 0.2) is 11.5 Å². The van der Waals surface area contributed by atoms with Crippen LogP contribution in [0.4, 0.5) is 0 Å². The molecule has 13 nitrogen and oxygen atoms in total. The Morgan fingerprint density at radius 1 is 1.02 bits per heavy atom. The summed E-state index contributed by atoms with van der Waals surface area (Å²) >= 11 is 0. The molecule has 0 unspecified atom stereocenters. The number of methoxy groups -OCH3 is 1. The van der Waals surface area contributed by atoms with Crippen molar-refractivity contribution in [2.45, 2.75) is 53.6 Å². The molecule has 0 spiro atoms. The predicted octanol–water partition coefficient (Wildman–Crippen LogP) is 3.57. The van der Waals surface area contributed by atoms with Crippen molar-refractivity contribution in [1.82, 2.24) is 40.1 Å². The Morgan fingerprint density at radius 3 is 2.47 bits per heavy atom. The lowest BCUT2D eigenvalue weighted by Crippen LogP contribution is -2.44. The van der Waals surface area contributed by atoms with Gasteiger partial charge in [0.05, 0.1) is 37.6 Å². The second kappa shape index (κ2) is 14.5. The van der Waals surface area contributed by atoms with Gasteiger partial charge in [-0.05, 0) is 81.6 Å². The van der Waals surface area contributed by atoms with E-state index in [0.29, 0.717) is 53.8 Å². The average Bonchev–Trinajstić information content (AvgIpc) is 3.59. The first-order valence-corrected chi connectivity index (χ1v) is 15.8. The summed E-state index contributed by atoms with van der Waals surface area (Å²) in [6.07, 6.45) is 0.426. The number of carbonyl (C=O) groups is 3. The molecule has 47 heavy (non-hydrogen) atoms. The summed E-state index contributed by atoms with van der Waals surface area (Å²) < 4.78 is 15.0. The first kappa shape index (κ1) is 33.2. The van der Waals surface area contributed by atoms with Gasteiger partial charge < -0.3 is 25.0 Å².